The average Bonchev–Trinajstić information content (AvgIpc) is 2.79. The van der Waals surface area contributed by atoms with E-state index < -0.39 is 0 Å². The molecule has 0 spiro atoms. The SMILES string of the molecule is CCCCCCCCCCCCCCC(C)(C)NC(C)(C)CCCCCCCCCCCCCC. The van der Waals surface area contributed by atoms with Gasteiger partial charge in [-0.25, -0.2) is 0 Å². The van der Waals surface area contributed by atoms with Crippen LogP contribution in [-0.4, -0.2) is 11.1 Å². The molecule has 1 N–H and O–H groups in total. The van der Waals surface area contributed by atoms with Gasteiger partial charge in [0.25, 0.3) is 0 Å². The first-order chi connectivity index (χ1) is 16.8. The van der Waals surface area contributed by atoms with Crippen molar-refractivity contribution < 1.29 is 0 Å². The number of rotatable bonds is 28. The standard InChI is InChI=1S/C34H71N/c1-7-9-11-13-15-17-19-21-23-25-27-29-31-33(3,4)35-34(5,6)32-30-28-26-24-22-20-18-16-14-12-10-8-2/h35H,7-32H2,1-6H3. The first kappa shape index (κ1) is 35.0. The Morgan fingerprint density at radius 1 is 0.314 bits per heavy atom. The first-order valence-electron chi connectivity index (χ1n) is 16.6. The zero-order valence-corrected chi connectivity index (χ0v) is 25.9. The van der Waals surface area contributed by atoms with E-state index in [1.807, 2.05) is 0 Å². The maximum absolute atomic E-state index is 4.01. The van der Waals surface area contributed by atoms with Crippen LogP contribution in [0.15, 0.2) is 0 Å². The summed E-state index contributed by atoms with van der Waals surface area (Å²) in [5.41, 5.74) is 0.526. The lowest BCUT2D eigenvalue weighted by Crippen LogP contribution is -2.51. The molecule has 0 aliphatic carbocycles. The minimum Gasteiger partial charge on any atom is -0.307 e. The van der Waals surface area contributed by atoms with Crippen LogP contribution in [-0.2, 0) is 0 Å². The summed E-state index contributed by atoms with van der Waals surface area (Å²) < 4.78 is 0. The van der Waals surface area contributed by atoms with Gasteiger partial charge in [-0.1, -0.05) is 168 Å². The van der Waals surface area contributed by atoms with Gasteiger partial charge in [-0.2, -0.15) is 0 Å². The molecule has 0 amide bonds. The summed E-state index contributed by atoms with van der Waals surface area (Å²) >= 11 is 0. The van der Waals surface area contributed by atoms with Gasteiger partial charge in [-0.15, -0.1) is 0 Å². The number of hydrogen-bond donors (Lipinski definition) is 1. The van der Waals surface area contributed by atoms with E-state index >= 15 is 0 Å². The zero-order valence-electron chi connectivity index (χ0n) is 25.9. The molecule has 0 saturated heterocycles. The smallest absolute Gasteiger partial charge is 0.0130 e. The van der Waals surface area contributed by atoms with Crippen molar-refractivity contribution in [3.63, 3.8) is 0 Å². The molecule has 0 unspecified atom stereocenters. The molecule has 0 rings (SSSR count). The van der Waals surface area contributed by atoms with Gasteiger partial charge in [0.2, 0.25) is 0 Å². The molecule has 0 aliphatic rings. The molecular weight excluding hydrogens is 422 g/mol. The summed E-state index contributed by atoms with van der Waals surface area (Å²) in [5, 5.41) is 4.01. The van der Waals surface area contributed by atoms with Crippen molar-refractivity contribution in [2.24, 2.45) is 0 Å². The Labute approximate surface area is 224 Å². The predicted octanol–water partition coefficient (Wildman–Crippen LogP) is 12.3. The first-order valence-corrected chi connectivity index (χ1v) is 16.6. The fourth-order valence-electron chi connectivity index (χ4n) is 5.86. The molecule has 1 heteroatoms. The van der Waals surface area contributed by atoms with Gasteiger partial charge in [0.05, 0.1) is 0 Å². The molecule has 1 nitrogen and oxygen atoms in total. The van der Waals surface area contributed by atoms with Gasteiger partial charge in [0.15, 0.2) is 0 Å². The van der Waals surface area contributed by atoms with E-state index in [0.717, 1.165) is 0 Å². The topological polar surface area (TPSA) is 12.0 Å². The molecule has 212 valence electrons. The molecule has 0 aliphatic heterocycles. The average molecular weight is 494 g/mol. The quantitative estimate of drug-likeness (QED) is 0.107. The molecule has 0 aromatic heterocycles. The second-order valence-electron chi connectivity index (χ2n) is 13.2. The van der Waals surface area contributed by atoms with Crippen LogP contribution in [0.5, 0.6) is 0 Å². The molecule has 0 saturated carbocycles. The minimum atomic E-state index is 0.263. The highest BCUT2D eigenvalue weighted by molar-refractivity contribution is 4.88. The van der Waals surface area contributed by atoms with Crippen LogP contribution in [0.3, 0.4) is 0 Å². The number of hydrogen-bond acceptors (Lipinski definition) is 1. The van der Waals surface area contributed by atoms with E-state index in [2.05, 4.69) is 46.9 Å². The molecule has 0 aromatic rings. The second-order valence-corrected chi connectivity index (χ2v) is 13.2. The van der Waals surface area contributed by atoms with Crippen LogP contribution in [0.25, 0.3) is 0 Å². The van der Waals surface area contributed by atoms with Crippen molar-refractivity contribution in [1.29, 1.82) is 0 Å². The third-order valence-electron chi connectivity index (χ3n) is 7.99. The van der Waals surface area contributed by atoms with Crippen molar-refractivity contribution in [3.8, 4) is 0 Å². The van der Waals surface area contributed by atoms with E-state index in [1.54, 1.807) is 0 Å². The third kappa shape index (κ3) is 26.8. The zero-order chi connectivity index (χ0) is 26.1. The molecule has 0 radical (unpaired) electrons. The van der Waals surface area contributed by atoms with Crippen molar-refractivity contribution in [2.75, 3.05) is 0 Å². The fourth-order valence-corrected chi connectivity index (χ4v) is 5.86. The van der Waals surface area contributed by atoms with Crippen LogP contribution in [0.4, 0.5) is 0 Å². The van der Waals surface area contributed by atoms with Crippen LogP contribution < -0.4 is 5.32 Å². The monoisotopic (exact) mass is 494 g/mol. The molecule has 0 heterocycles. The van der Waals surface area contributed by atoms with Gasteiger partial charge in [-0.3, -0.25) is 0 Å². The lowest BCUT2D eigenvalue weighted by atomic mass is 9.89. The molecule has 0 bridgehead atoms. The molecule has 0 aromatic carbocycles. The molecule has 35 heavy (non-hydrogen) atoms. The summed E-state index contributed by atoms with van der Waals surface area (Å²) in [6.07, 6.45) is 37.1. The van der Waals surface area contributed by atoms with Gasteiger partial charge in [-0.05, 0) is 40.5 Å². The highest BCUT2D eigenvalue weighted by Crippen LogP contribution is 2.23. The third-order valence-corrected chi connectivity index (χ3v) is 7.99. The predicted molar refractivity (Wildman–Crippen MR) is 163 cm³/mol. The van der Waals surface area contributed by atoms with Crippen molar-refractivity contribution in [2.45, 2.75) is 220 Å². The van der Waals surface area contributed by atoms with Crippen LogP contribution in [0.1, 0.15) is 208 Å². The summed E-state index contributed by atoms with van der Waals surface area (Å²) in [6, 6.07) is 0. The maximum Gasteiger partial charge on any atom is 0.0130 e. The van der Waals surface area contributed by atoms with Gasteiger partial charge in [0, 0.05) is 11.1 Å². The molecular formula is C34H71N. The number of nitrogens with one attached hydrogen (secondary N) is 1. The van der Waals surface area contributed by atoms with Crippen molar-refractivity contribution >= 4 is 0 Å². The highest BCUT2D eigenvalue weighted by atomic mass is 15.0. The summed E-state index contributed by atoms with van der Waals surface area (Å²) in [5.74, 6) is 0. The van der Waals surface area contributed by atoms with E-state index in [0.29, 0.717) is 0 Å². The van der Waals surface area contributed by atoms with Crippen LogP contribution in [0.2, 0.25) is 0 Å². The Morgan fingerprint density at radius 3 is 0.743 bits per heavy atom. The Bertz CT molecular complexity index is 373. The largest absolute Gasteiger partial charge is 0.307 e. The van der Waals surface area contributed by atoms with Gasteiger partial charge >= 0.3 is 0 Å². The second kappa shape index (κ2) is 24.3. The Balaban J connectivity index is 3.60. The van der Waals surface area contributed by atoms with Crippen molar-refractivity contribution in [3.05, 3.63) is 0 Å². The van der Waals surface area contributed by atoms with E-state index in [-0.39, 0.29) is 11.1 Å². The normalized spacial score (nSPS) is 12.5. The summed E-state index contributed by atoms with van der Waals surface area (Å²) in [4.78, 5) is 0. The fraction of sp³-hybridized carbons (Fsp3) is 1.00. The molecule has 0 fully saturated rings. The maximum atomic E-state index is 4.01. The van der Waals surface area contributed by atoms with E-state index in [9.17, 15) is 0 Å². The Morgan fingerprint density at radius 2 is 0.514 bits per heavy atom. The van der Waals surface area contributed by atoms with E-state index in [4.69, 9.17) is 0 Å². The highest BCUT2D eigenvalue weighted by Gasteiger charge is 2.26. The Kier molecular flexibility index (Phi) is 24.3. The number of unbranched alkanes of at least 4 members (excludes halogenated alkanes) is 22. The van der Waals surface area contributed by atoms with Crippen molar-refractivity contribution in [1.82, 2.24) is 5.32 Å². The van der Waals surface area contributed by atoms with Gasteiger partial charge < -0.3 is 5.32 Å². The van der Waals surface area contributed by atoms with Gasteiger partial charge in [0.1, 0.15) is 0 Å². The van der Waals surface area contributed by atoms with Crippen LogP contribution >= 0.6 is 0 Å². The lowest BCUT2D eigenvalue weighted by molar-refractivity contribution is 0.230. The summed E-state index contributed by atoms with van der Waals surface area (Å²) in [7, 11) is 0. The summed E-state index contributed by atoms with van der Waals surface area (Å²) in [6.45, 7) is 14.3. The Hall–Kier alpha value is -0.0400. The van der Waals surface area contributed by atoms with Crippen LogP contribution in [0, 0.1) is 0 Å². The van der Waals surface area contributed by atoms with E-state index in [1.165, 1.54) is 167 Å². The minimum absolute atomic E-state index is 0.263. The lowest BCUT2D eigenvalue weighted by Gasteiger charge is -2.37. The molecule has 0 atom stereocenters.